The molecule has 1 aromatic carbocycles. The lowest BCUT2D eigenvalue weighted by Crippen LogP contribution is -2.30. The molecule has 5 heteroatoms. The Bertz CT molecular complexity index is 547. The van der Waals surface area contributed by atoms with E-state index in [9.17, 15) is 5.11 Å². The molecule has 114 valence electrons. The van der Waals surface area contributed by atoms with Crippen LogP contribution in [0.1, 0.15) is 17.0 Å². The van der Waals surface area contributed by atoms with Gasteiger partial charge in [-0.15, -0.1) is 0 Å². The van der Waals surface area contributed by atoms with Gasteiger partial charge >= 0.3 is 0 Å². The fourth-order valence-corrected chi connectivity index (χ4v) is 2.19. The zero-order valence-electron chi connectivity index (χ0n) is 12.3. The minimum absolute atomic E-state index is 0.287. The van der Waals surface area contributed by atoms with Crippen molar-refractivity contribution in [1.29, 1.82) is 0 Å². The number of benzene rings is 1. The van der Waals surface area contributed by atoms with E-state index in [4.69, 9.17) is 16.3 Å². The third-order valence-electron chi connectivity index (χ3n) is 3.25. The third-order valence-corrected chi connectivity index (χ3v) is 3.50. The van der Waals surface area contributed by atoms with Gasteiger partial charge < -0.3 is 15.3 Å². The molecular weight excluding hydrogens is 288 g/mol. The van der Waals surface area contributed by atoms with Crippen LogP contribution in [0.25, 0.3) is 0 Å². The largest absolute Gasteiger partial charge is 0.389 e. The van der Waals surface area contributed by atoms with Crippen LogP contribution in [-0.2, 0) is 11.3 Å². The SMILES string of the molecule is Cc1ccc(C)n1NCC(O)COCc1ccc(Cl)cc1. The van der Waals surface area contributed by atoms with Gasteiger partial charge in [-0.25, -0.2) is 0 Å². The number of nitrogens with one attached hydrogen (secondary N) is 1. The second-order valence-corrected chi connectivity index (χ2v) is 5.55. The van der Waals surface area contributed by atoms with Crippen LogP contribution in [0.15, 0.2) is 36.4 Å². The predicted octanol–water partition coefficient (Wildman–Crippen LogP) is 2.88. The summed E-state index contributed by atoms with van der Waals surface area (Å²) < 4.78 is 7.47. The number of aliphatic hydroxyl groups excluding tert-OH is 1. The molecule has 0 aliphatic carbocycles. The number of halogens is 1. The van der Waals surface area contributed by atoms with Gasteiger partial charge in [-0.1, -0.05) is 23.7 Å². The summed E-state index contributed by atoms with van der Waals surface area (Å²) in [6.45, 7) is 5.23. The van der Waals surface area contributed by atoms with Gasteiger partial charge in [0.25, 0.3) is 0 Å². The highest BCUT2D eigenvalue weighted by molar-refractivity contribution is 6.30. The Hall–Kier alpha value is -1.49. The first kappa shape index (κ1) is 15.9. The average Bonchev–Trinajstić information content (AvgIpc) is 2.78. The monoisotopic (exact) mass is 308 g/mol. The van der Waals surface area contributed by atoms with Crippen LogP contribution in [0.2, 0.25) is 5.02 Å². The Labute approximate surface area is 130 Å². The second-order valence-electron chi connectivity index (χ2n) is 5.11. The second kappa shape index (κ2) is 7.50. The van der Waals surface area contributed by atoms with E-state index in [-0.39, 0.29) is 6.61 Å². The zero-order chi connectivity index (χ0) is 15.2. The minimum atomic E-state index is -0.557. The molecule has 2 aromatic rings. The van der Waals surface area contributed by atoms with E-state index in [0.717, 1.165) is 17.0 Å². The predicted molar refractivity (Wildman–Crippen MR) is 85.2 cm³/mol. The molecule has 1 unspecified atom stereocenters. The molecule has 0 bridgehead atoms. The summed E-state index contributed by atoms with van der Waals surface area (Å²) in [5, 5.41) is 10.6. The first-order valence-electron chi connectivity index (χ1n) is 6.95. The summed E-state index contributed by atoms with van der Waals surface area (Å²) >= 11 is 5.82. The Morgan fingerprint density at radius 3 is 2.38 bits per heavy atom. The molecule has 0 aliphatic heterocycles. The molecule has 2 rings (SSSR count). The van der Waals surface area contributed by atoms with E-state index in [1.807, 2.05) is 54.9 Å². The van der Waals surface area contributed by atoms with Gasteiger partial charge in [-0.2, -0.15) is 0 Å². The van der Waals surface area contributed by atoms with Crippen LogP contribution in [0.5, 0.6) is 0 Å². The Balaban J connectivity index is 1.70. The molecule has 1 atom stereocenters. The van der Waals surface area contributed by atoms with Crippen LogP contribution in [0.3, 0.4) is 0 Å². The molecule has 0 fully saturated rings. The van der Waals surface area contributed by atoms with Gasteiger partial charge in [-0.3, -0.25) is 4.68 Å². The van der Waals surface area contributed by atoms with Crippen molar-refractivity contribution in [2.75, 3.05) is 18.6 Å². The molecule has 0 aliphatic rings. The van der Waals surface area contributed by atoms with Crippen molar-refractivity contribution < 1.29 is 9.84 Å². The molecule has 0 radical (unpaired) electrons. The quantitative estimate of drug-likeness (QED) is 0.827. The fraction of sp³-hybridized carbons (Fsp3) is 0.375. The first-order valence-corrected chi connectivity index (χ1v) is 7.33. The number of aliphatic hydroxyl groups is 1. The molecule has 4 nitrogen and oxygen atoms in total. The molecule has 0 amide bonds. The number of hydrogen-bond donors (Lipinski definition) is 2. The van der Waals surface area contributed by atoms with Crippen LogP contribution in [-0.4, -0.2) is 29.0 Å². The van der Waals surface area contributed by atoms with E-state index in [2.05, 4.69) is 5.43 Å². The van der Waals surface area contributed by atoms with Crippen molar-refractivity contribution in [1.82, 2.24) is 4.68 Å². The third kappa shape index (κ3) is 4.77. The molecule has 1 aromatic heterocycles. The number of aryl methyl sites for hydroxylation is 2. The van der Waals surface area contributed by atoms with E-state index < -0.39 is 6.10 Å². The van der Waals surface area contributed by atoms with Gasteiger partial charge in [0.2, 0.25) is 0 Å². The summed E-state index contributed by atoms with van der Waals surface area (Å²) in [5.74, 6) is 0. The maximum atomic E-state index is 9.93. The van der Waals surface area contributed by atoms with Gasteiger partial charge in [0.05, 0.1) is 25.9 Å². The van der Waals surface area contributed by atoms with Gasteiger partial charge in [0, 0.05) is 16.4 Å². The summed E-state index contributed by atoms with van der Waals surface area (Å²) in [4.78, 5) is 0. The van der Waals surface area contributed by atoms with Crippen molar-refractivity contribution in [3.05, 3.63) is 58.4 Å². The van der Waals surface area contributed by atoms with Crippen molar-refractivity contribution in [3.8, 4) is 0 Å². The highest BCUT2D eigenvalue weighted by Gasteiger charge is 2.06. The van der Waals surface area contributed by atoms with Gasteiger partial charge in [0.15, 0.2) is 0 Å². The number of aromatic nitrogens is 1. The van der Waals surface area contributed by atoms with Crippen LogP contribution in [0, 0.1) is 13.8 Å². The Morgan fingerprint density at radius 2 is 1.76 bits per heavy atom. The standard InChI is InChI=1S/C16H21ClN2O2/c1-12-3-4-13(2)19(12)18-9-16(20)11-21-10-14-5-7-15(17)8-6-14/h3-8,16,18,20H,9-11H2,1-2H3. The van der Waals surface area contributed by atoms with Crippen LogP contribution >= 0.6 is 11.6 Å². The van der Waals surface area contributed by atoms with Crippen molar-refractivity contribution in [2.24, 2.45) is 0 Å². The van der Waals surface area contributed by atoms with E-state index >= 15 is 0 Å². The highest BCUT2D eigenvalue weighted by Crippen LogP contribution is 2.10. The van der Waals surface area contributed by atoms with Crippen molar-refractivity contribution in [3.63, 3.8) is 0 Å². The van der Waals surface area contributed by atoms with Crippen LogP contribution < -0.4 is 5.43 Å². The van der Waals surface area contributed by atoms with E-state index in [0.29, 0.717) is 18.2 Å². The van der Waals surface area contributed by atoms with E-state index in [1.165, 1.54) is 0 Å². The van der Waals surface area contributed by atoms with Crippen molar-refractivity contribution in [2.45, 2.75) is 26.6 Å². The normalized spacial score (nSPS) is 12.4. The molecule has 0 spiro atoms. The molecule has 0 saturated heterocycles. The number of rotatable bonds is 7. The molecule has 0 saturated carbocycles. The summed E-state index contributed by atoms with van der Waals surface area (Å²) in [7, 11) is 0. The Morgan fingerprint density at radius 1 is 1.14 bits per heavy atom. The van der Waals surface area contributed by atoms with Gasteiger partial charge in [-0.05, 0) is 43.7 Å². The minimum Gasteiger partial charge on any atom is -0.389 e. The molecular formula is C16H21ClN2O2. The lowest BCUT2D eigenvalue weighted by Gasteiger charge is -2.16. The van der Waals surface area contributed by atoms with Gasteiger partial charge in [0.1, 0.15) is 0 Å². The smallest absolute Gasteiger partial charge is 0.0961 e. The molecule has 2 N–H and O–H groups in total. The molecule has 21 heavy (non-hydrogen) atoms. The lowest BCUT2D eigenvalue weighted by atomic mass is 10.2. The zero-order valence-corrected chi connectivity index (χ0v) is 13.1. The topological polar surface area (TPSA) is 46.4 Å². The summed E-state index contributed by atoms with van der Waals surface area (Å²) in [5.41, 5.74) is 6.45. The number of ether oxygens (including phenoxy) is 1. The summed E-state index contributed by atoms with van der Waals surface area (Å²) in [6.07, 6.45) is -0.557. The fourth-order valence-electron chi connectivity index (χ4n) is 2.07. The average molecular weight is 309 g/mol. The maximum absolute atomic E-state index is 9.93. The lowest BCUT2D eigenvalue weighted by molar-refractivity contribution is 0.0336. The molecule has 1 heterocycles. The first-order chi connectivity index (χ1) is 10.1. The van der Waals surface area contributed by atoms with Crippen molar-refractivity contribution >= 4 is 11.6 Å². The Kier molecular flexibility index (Phi) is 5.67. The number of nitrogens with zero attached hydrogens (tertiary/aromatic N) is 1. The van der Waals surface area contributed by atoms with Crippen LogP contribution in [0.4, 0.5) is 0 Å². The van der Waals surface area contributed by atoms with E-state index in [1.54, 1.807) is 0 Å². The highest BCUT2D eigenvalue weighted by atomic mass is 35.5. The maximum Gasteiger partial charge on any atom is 0.0961 e. The summed E-state index contributed by atoms with van der Waals surface area (Å²) in [6, 6.07) is 11.6. The number of hydrogen-bond acceptors (Lipinski definition) is 3.